The molecule has 0 amide bonds. The van der Waals surface area contributed by atoms with Gasteiger partial charge in [0, 0.05) is 12.6 Å². The summed E-state index contributed by atoms with van der Waals surface area (Å²) in [6, 6.07) is 3.24. The van der Waals surface area contributed by atoms with Gasteiger partial charge in [0.05, 0.1) is 18.2 Å². The topological polar surface area (TPSA) is 38.3 Å². The van der Waals surface area contributed by atoms with Crippen molar-refractivity contribution in [3.05, 3.63) is 29.8 Å². The summed E-state index contributed by atoms with van der Waals surface area (Å²) < 4.78 is 30.7. The molecule has 0 heterocycles. The average molecular weight is 243 g/mol. The van der Waals surface area contributed by atoms with Crippen molar-refractivity contribution in [2.24, 2.45) is 5.92 Å². The number of halogens is 2. The van der Waals surface area contributed by atoms with Gasteiger partial charge in [-0.2, -0.15) is 0 Å². The SMILES string of the molecule is CCOC(=O)C(C)CNc1ccc(F)cc1F. The lowest BCUT2D eigenvalue weighted by Crippen LogP contribution is -2.22. The molecular formula is C12H15F2NO2. The van der Waals surface area contributed by atoms with E-state index in [1.165, 1.54) is 6.07 Å². The fourth-order valence-electron chi connectivity index (χ4n) is 1.26. The third-order valence-electron chi connectivity index (χ3n) is 2.22. The quantitative estimate of drug-likeness (QED) is 0.808. The zero-order valence-corrected chi connectivity index (χ0v) is 9.80. The zero-order valence-electron chi connectivity index (χ0n) is 9.80. The van der Waals surface area contributed by atoms with Gasteiger partial charge < -0.3 is 10.1 Å². The van der Waals surface area contributed by atoms with Crippen LogP contribution in [-0.4, -0.2) is 19.1 Å². The fraction of sp³-hybridized carbons (Fsp3) is 0.417. The monoisotopic (exact) mass is 243 g/mol. The van der Waals surface area contributed by atoms with E-state index in [4.69, 9.17) is 4.74 Å². The molecule has 94 valence electrons. The van der Waals surface area contributed by atoms with Crippen LogP contribution in [0.4, 0.5) is 14.5 Å². The summed E-state index contributed by atoms with van der Waals surface area (Å²) in [5.41, 5.74) is 0.169. The van der Waals surface area contributed by atoms with Crippen LogP contribution in [0, 0.1) is 17.6 Å². The Kier molecular flexibility index (Phi) is 4.87. The number of carbonyl (C=O) groups excluding carboxylic acids is 1. The maximum atomic E-state index is 13.2. The maximum Gasteiger partial charge on any atom is 0.310 e. The number of hydrogen-bond acceptors (Lipinski definition) is 3. The van der Waals surface area contributed by atoms with Gasteiger partial charge in [0.1, 0.15) is 11.6 Å². The van der Waals surface area contributed by atoms with Crippen molar-refractivity contribution in [3.63, 3.8) is 0 Å². The molecule has 1 rings (SSSR count). The molecule has 0 radical (unpaired) electrons. The minimum Gasteiger partial charge on any atom is -0.466 e. The predicted octanol–water partition coefficient (Wildman–Crippen LogP) is 2.58. The highest BCUT2D eigenvalue weighted by molar-refractivity contribution is 5.72. The molecular weight excluding hydrogens is 228 g/mol. The van der Waals surface area contributed by atoms with Gasteiger partial charge in [0.2, 0.25) is 0 Å². The van der Waals surface area contributed by atoms with Crippen LogP contribution < -0.4 is 5.32 Å². The van der Waals surface area contributed by atoms with Gasteiger partial charge >= 0.3 is 5.97 Å². The Morgan fingerprint density at radius 1 is 1.47 bits per heavy atom. The molecule has 3 nitrogen and oxygen atoms in total. The Morgan fingerprint density at radius 2 is 2.18 bits per heavy atom. The molecule has 17 heavy (non-hydrogen) atoms. The molecule has 0 bridgehead atoms. The van der Waals surface area contributed by atoms with E-state index in [1.807, 2.05) is 0 Å². The van der Waals surface area contributed by atoms with E-state index in [1.54, 1.807) is 13.8 Å². The van der Waals surface area contributed by atoms with Crippen LogP contribution in [0.1, 0.15) is 13.8 Å². The number of hydrogen-bond donors (Lipinski definition) is 1. The van der Waals surface area contributed by atoms with Crippen LogP contribution in [0.2, 0.25) is 0 Å². The van der Waals surface area contributed by atoms with Gasteiger partial charge in [-0.25, -0.2) is 8.78 Å². The summed E-state index contributed by atoms with van der Waals surface area (Å²) in [5, 5.41) is 2.74. The second kappa shape index (κ2) is 6.18. The van der Waals surface area contributed by atoms with E-state index in [2.05, 4.69) is 5.32 Å². The number of rotatable bonds is 5. The van der Waals surface area contributed by atoms with E-state index in [-0.39, 0.29) is 24.1 Å². The van der Waals surface area contributed by atoms with Crippen molar-refractivity contribution in [1.82, 2.24) is 0 Å². The molecule has 0 fully saturated rings. The molecule has 1 aromatic rings. The van der Waals surface area contributed by atoms with Gasteiger partial charge in [0.15, 0.2) is 0 Å². The highest BCUT2D eigenvalue weighted by Gasteiger charge is 2.14. The van der Waals surface area contributed by atoms with Crippen molar-refractivity contribution in [3.8, 4) is 0 Å². The largest absolute Gasteiger partial charge is 0.466 e. The predicted molar refractivity (Wildman–Crippen MR) is 60.6 cm³/mol. The summed E-state index contributed by atoms with van der Waals surface area (Å²) in [5.74, 6) is -2.05. The number of benzene rings is 1. The molecule has 0 aliphatic heterocycles. The first-order chi connectivity index (χ1) is 8.04. The number of nitrogens with one attached hydrogen (secondary N) is 1. The van der Waals surface area contributed by atoms with E-state index in [0.717, 1.165) is 12.1 Å². The van der Waals surface area contributed by atoms with E-state index in [9.17, 15) is 13.6 Å². The van der Waals surface area contributed by atoms with E-state index >= 15 is 0 Å². The normalized spacial score (nSPS) is 12.0. The maximum absolute atomic E-state index is 13.2. The standard InChI is InChI=1S/C12H15F2NO2/c1-3-17-12(16)8(2)7-15-11-5-4-9(13)6-10(11)14/h4-6,8,15H,3,7H2,1-2H3. The number of carbonyl (C=O) groups is 1. The Labute approximate surface area is 98.8 Å². The lowest BCUT2D eigenvalue weighted by molar-refractivity contribution is -0.146. The van der Waals surface area contributed by atoms with Crippen LogP contribution in [-0.2, 0) is 9.53 Å². The highest BCUT2D eigenvalue weighted by Crippen LogP contribution is 2.15. The molecule has 0 saturated carbocycles. The van der Waals surface area contributed by atoms with Gasteiger partial charge in [0.25, 0.3) is 0 Å². The summed E-state index contributed by atoms with van der Waals surface area (Å²) >= 11 is 0. The van der Waals surface area contributed by atoms with Crippen LogP contribution in [0.5, 0.6) is 0 Å². The lowest BCUT2D eigenvalue weighted by Gasteiger charge is -2.12. The average Bonchev–Trinajstić information content (AvgIpc) is 2.27. The molecule has 5 heteroatoms. The fourth-order valence-corrected chi connectivity index (χ4v) is 1.26. The third-order valence-corrected chi connectivity index (χ3v) is 2.22. The Hall–Kier alpha value is -1.65. The Bertz CT molecular complexity index is 396. The van der Waals surface area contributed by atoms with Crippen LogP contribution in [0.3, 0.4) is 0 Å². The van der Waals surface area contributed by atoms with Gasteiger partial charge in [-0.05, 0) is 19.1 Å². The molecule has 0 aliphatic carbocycles. The molecule has 1 N–H and O–H groups in total. The molecule has 1 atom stereocenters. The van der Waals surface area contributed by atoms with E-state index < -0.39 is 11.6 Å². The van der Waals surface area contributed by atoms with Gasteiger partial charge in [-0.15, -0.1) is 0 Å². The zero-order chi connectivity index (χ0) is 12.8. The molecule has 0 saturated heterocycles. The van der Waals surface area contributed by atoms with Crippen molar-refractivity contribution < 1.29 is 18.3 Å². The second-order valence-corrected chi connectivity index (χ2v) is 3.66. The number of esters is 1. The first-order valence-corrected chi connectivity index (χ1v) is 5.40. The van der Waals surface area contributed by atoms with Gasteiger partial charge in [-0.3, -0.25) is 4.79 Å². The Morgan fingerprint density at radius 3 is 2.76 bits per heavy atom. The van der Waals surface area contributed by atoms with Crippen molar-refractivity contribution in [1.29, 1.82) is 0 Å². The van der Waals surface area contributed by atoms with Gasteiger partial charge in [-0.1, -0.05) is 6.92 Å². The third kappa shape index (κ3) is 4.01. The number of anilines is 1. The summed E-state index contributed by atoms with van der Waals surface area (Å²) in [4.78, 5) is 11.3. The number of ether oxygens (including phenoxy) is 1. The summed E-state index contributed by atoms with van der Waals surface area (Å²) in [7, 11) is 0. The van der Waals surface area contributed by atoms with Crippen LogP contribution in [0.25, 0.3) is 0 Å². The minimum absolute atomic E-state index is 0.169. The van der Waals surface area contributed by atoms with E-state index in [0.29, 0.717) is 6.61 Å². The highest BCUT2D eigenvalue weighted by atomic mass is 19.1. The van der Waals surface area contributed by atoms with Crippen LogP contribution >= 0.6 is 0 Å². The van der Waals surface area contributed by atoms with Crippen molar-refractivity contribution in [2.75, 3.05) is 18.5 Å². The molecule has 0 spiro atoms. The molecule has 1 aromatic carbocycles. The molecule has 1 unspecified atom stereocenters. The van der Waals surface area contributed by atoms with Crippen molar-refractivity contribution >= 4 is 11.7 Å². The summed E-state index contributed by atoms with van der Waals surface area (Å²) in [6.07, 6.45) is 0. The van der Waals surface area contributed by atoms with Crippen LogP contribution in [0.15, 0.2) is 18.2 Å². The smallest absolute Gasteiger partial charge is 0.310 e. The summed E-state index contributed by atoms with van der Waals surface area (Å²) in [6.45, 7) is 3.94. The first-order valence-electron chi connectivity index (χ1n) is 5.40. The Balaban J connectivity index is 2.52. The first kappa shape index (κ1) is 13.4. The minimum atomic E-state index is -0.680. The molecule has 0 aliphatic rings. The lowest BCUT2D eigenvalue weighted by atomic mass is 10.2. The van der Waals surface area contributed by atoms with Crippen molar-refractivity contribution in [2.45, 2.75) is 13.8 Å². The molecule has 0 aromatic heterocycles. The second-order valence-electron chi connectivity index (χ2n) is 3.66.